The van der Waals surface area contributed by atoms with Crippen molar-refractivity contribution in [1.29, 1.82) is 0 Å². The quantitative estimate of drug-likeness (QED) is 0.214. The van der Waals surface area contributed by atoms with Crippen LogP contribution in [0.4, 0.5) is 5.69 Å². The fraction of sp³-hybridized carbons (Fsp3) is 0.578. The molecule has 2 saturated heterocycles. The van der Waals surface area contributed by atoms with Crippen LogP contribution in [0.25, 0.3) is 33.4 Å². The van der Waals surface area contributed by atoms with Gasteiger partial charge < -0.3 is 33.9 Å². The molecule has 3 fully saturated rings. The van der Waals surface area contributed by atoms with E-state index in [4.69, 9.17) is 24.2 Å². The highest BCUT2D eigenvalue weighted by Crippen LogP contribution is 2.43. The van der Waals surface area contributed by atoms with E-state index in [2.05, 4.69) is 77.2 Å². The van der Waals surface area contributed by atoms with Gasteiger partial charge in [0.05, 0.1) is 46.7 Å². The number of hydrogen-bond acceptors (Lipinski definition) is 12. The Morgan fingerprint density at radius 2 is 1.93 bits per heavy atom. The van der Waals surface area contributed by atoms with Gasteiger partial charge >= 0.3 is 5.97 Å². The third-order valence-corrected chi connectivity index (χ3v) is 13.6. The average molecular weight is 841 g/mol. The molecule has 4 aromatic rings. The first-order valence-corrected chi connectivity index (χ1v) is 22.4. The zero-order chi connectivity index (χ0) is 42.3. The van der Waals surface area contributed by atoms with Gasteiger partial charge in [0.1, 0.15) is 12.1 Å². The number of esters is 1. The van der Waals surface area contributed by atoms with E-state index in [-0.39, 0.29) is 42.8 Å². The summed E-state index contributed by atoms with van der Waals surface area (Å²) in [4.78, 5) is 56.5. The Hall–Kier alpha value is -4.41. The van der Waals surface area contributed by atoms with Crippen molar-refractivity contribution in [3.63, 3.8) is 0 Å². The van der Waals surface area contributed by atoms with Crippen LogP contribution in [0.2, 0.25) is 0 Å². The number of nitrogens with one attached hydrogen (secondary N) is 2. The van der Waals surface area contributed by atoms with Crippen LogP contribution in [0, 0.1) is 17.3 Å². The maximum Gasteiger partial charge on any atom is 0.324 e. The number of rotatable bonds is 9. The van der Waals surface area contributed by atoms with Crippen LogP contribution in [-0.4, -0.2) is 122 Å². The second-order valence-electron chi connectivity index (χ2n) is 17.8. The Balaban J connectivity index is 1.24. The van der Waals surface area contributed by atoms with Gasteiger partial charge in [0.25, 0.3) is 5.91 Å². The zero-order valence-electron chi connectivity index (χ0n) is 36.1. The number of piperazine rings is 1. The van der Waals surface area contributed by atoms with Crippen molar-refractivity contribution in [3.8, 4) is 22.5 Å². The lowest BCUT2D eigenvalue weighted by atomic mass is 9.84. The van der Waals surface area contributed by atoms with Crippen LogP contribution >= 0.6 is 11.3 Å². The molecule has 60 heavy (non-hydrogen) atoms. The molecule has 15 heteroatoms. The number of nitrogens with zero attached hydrogens (tertiary/aromatic N) is 6. The lowest BCUT2D eigenvalue weighted by molar-refractivity contribution is -0.155. The van der Waals surface area contributed by atoms with Crippen LogP contribution in [0.5, 0.6) is 0 Å². The maximum absolute atomic E-state index is 14.2. The molecule has 3 aromatic heterocycles. The Morgan fingerprint density at radius 3 is 2.68 bits per heavy atom. The molecule has 14 nitrogen and oxygen atoms in total. The molecule has 4 aliphatic rings. The molecule has 6 bridgehead atoms. The smallest absolute Gasteiger partial charge is 0.324 e. The van der Waals surface area contributed by atoms with Crippen LogP contribution in [0.3, 0.4) is 0 Å². The summed E-state index contributed by atoms with van der Waals surface area (Å²) in [6, 6.07) is 7.26. The molecule has 8 rings (SSSR count). The standard InChI is InChI=1S/C45H60N8O6S/c1-8-52-38-12-11-28-18-32(38)34(41(52)33-20-30(23-46-40(33)27(2)58-7)51-16-14-50(5)15-17-51)22-45(3,4)26-59-44(56)35-10-9-13-53(49-35)43(55)36(21-39-47-37(28)25-60-39)48-42(54)31-19-29(31)24-57-6/h11-12,18,20,23,25,27,29,31,35-36,49H,8-10,13-17,19,21-22,24,26H2,1-7H3,(H,48,54)/t27-,29+,31-,35-,36-/m0/s1. The highest BCUT2D eigenvalue weighted by molar-refractivity contribution is 7.10. The molecule has 5 atom stereocenters. The summed E-state index contributed by atoms with van der Waals surface area (Å²) in [6.45, 7) is 14.1. The summed E-state index contributed by atoms with van der Waals surface area (Å²) < 4.78 is 19.8. The number of hydrazine groups is 1. The number of aromatic nitrogens is 3. The number of hydrogen-bond donors (Lipinski definition) is 2. The number of carbonyl (C=O) groups excluding carboxylic acids is 3. The number of aryl methyl sites for hydroxylation is 1. The zero-order valence-corrected chi connectivity index (χ0v) is 36.9. The highest BCUT2D eigenvalue weighted by atomic mass is 32.1. The fourth-order valence-electron chi connectivity index (χ4n) is 9.08. The molecule has 6 heterocycles. The van der Waals surface area contributed by atoms with E-state index in [1.165, 1.54) is 16.3 Å². The van der Waals surface area contributed by atoms with Gasteiger partial charge in [-0.3, -0.25) is 24.4 Å². The molecule has 322 valence electrons. The molecule has 0 radical (unpaired) electrons. The topological polar surface area (TPSA) is 143 Å². The molecule has 3 aliphatic heterocycles. The summed E-state index contributed by atoms with van der Waals surface area (Å²) in [5.74, 6) is -0.909. The van der Waals surface area contributed by atoms with Gasteiger partial charge in [-0.05, 0) is 76.3 Å². The first kappa shape index (κ1) is 42.3. The van der Waals surface area contributed by atoms with E-state index in [0.717, 1.165) is 94.5 Å². The Labute approximate surface area is 356 Å². The molecule has 0 unspecified atom stereocenters. The number of ether oxygens (including phenoxy) is 3. The second kappa shape index (κ2) is 17.5. The van der Waals surface area contributed by atoms with E-state index < -0.39 is 23.5 Å². The first-order chi connectivity index (χ1) is 28.9. The van der Waals surface area contributed by atoms with Crippen LogP contribution in [0.1, 0.15) is 69.3 Å². The normalized spacial score (nSPS) is 24.2. The number of benzene rings is 1. The van der Waals surface area contributed by atoms with Crippen molar-refractivity contribution in [1.82, 2.24) is 35.2 Å². The van der Waals surface area contributed by atoms with E-state index >= 15 is 0 Å². The second-order valence-corrected chi connectivity index (χ2v) is 18.8. The van der Waals surface area contributed by atoms with Crippen molar-refractivity contribution in [2.24, 2.45) is 17.3 Å². The lowest BCUT2D eigenvalue weighted by Crippen LogP contribution is -2.60. The van der Waals surface area contributed by atoms with Crippen LogP contribution in [-0.2, 0) is 48.0 Å². The number of likely N-dealkylation sites (N-methyl/N-ethyl adjacent to an activating group) is 1. The van der Waals surface area contributed by atoms with Crippen molar-refractivity contribution in [2.75, 3.05) is 72.1 Å². The highest BCUT2D eigenvalue weighted by Gasteiger charge is 2.44. The van der Waals surface area contributed by atoms with Crippen molar-refractivity contribution >= 4 is 45.7 Å². The van der Waals surface area contributed by atoms with Gasteiger partial charge in [-0.1, -0.05) is 19.9 Å². The minimum absolute atomic E-state index is 0.141. The van der Waals surface area contributed by atoms with Crippen molar-refractivity contribution in [3.05, 3.63) is 52.1 Å². The van der Waals surface area contributed by atoms with Crippen molar-refractivity contribution in [2.45, 2.75) is 84.5 Å². The number of amides is 2. The van der Waals surface area contributed by atoms with Crippen LogP contribution < -0.4 is 15.6 Å². The van der Waals surface area contributed by atoms with Gasteiger partial charge in [-0.15, -0.1) is 11.3 Å². The predicted molar refractivity (Wildman–Crippen MR) is 233 cm³/mol. The number of anilines is 1. The third kappa shape index (κ3) is 8.69. The molecule has 0 spiro atoms. The maximum atomic E-state index is 14.2. The number of carbonyl (C=O) groups is 3. The number of fused-ring (bicyclic) bond motifs is 6. The van der Waals surface area contributed by atoms with Gasteiger partial charge in [-0.2, -0.15) is 0 Å². The van der Waals surface area contributed by atoms with Gasteiger partial charge in [0.2, 0.25) is 5.91 Å². The van der Waals surface area contributed by atoms with Gasteiger partial charge in [0, 0.05) is 105 Å². The Kier molecular flexibility index (Phi) is 12.3. The fourth-order valence-corrected chi connectivity index (χ4v) is 9.93. The Morgan fingerprint density at radius 1 is 1.13 bits per heavy atom. The monoisotopic (exact) mass is 840 g/mol. The van der Waals surface area contributed by atoms with Gasteiger partial charge in [0.15, 0.2) is 0 Å². The minimum Gasteiger partial charge on any atom is -0.464 e. The predicted octanol–water partition coefficient (Wildman–Crippen LogP) is 5.24. The van der Waals surface area contributed by atoms with E-state index in [1.54, 1.807) is 14.2 Å². The molecular weight excluding hydrogens is 781 g/mol. The molecule has 2 N–H and O–H groups in total. The molecule has 2 amide bonds. The SMILES string of the molecule is CCn1c(-c2cc(N3CCN(C)CC3)cnc2[C@H](C)OC)c2c3cc(ccc31)-c1csc(n1)C[C@H](NC(=O)[C@H]1C[C@@H]1COC)C(=O)N1CCC[C@H](N1)C(=O)OCC(C)(C)C2. The lowest BCUT2D eigenvalue weighted by Gasteiger charge is -2.35. The average Bonchev–Trinajstić information content (AvgIpc) is 3.76. The summed E-state index contributed by atoms with van der Waals surface area (Å²) in [6.07, 6.45) is 4.44. The summed E-state index contributed by atoms with van der Waals surface area (Å²) in [5, 5.41) is 8.42. The number of methoxy groups -OCH3 is 2. The molecular formula is C45H60N8O6S. The number of thiazole rings is 1. The largest absolute Gasteiger partial charge is 0.464 e. The molecule has 1 saturated carbocycles. The number of pyridine rings is 1. The van der Waals surface area contributed by atoms with E-state index in [0.29, 0.717) is 32.4 Å². The first-order valence-electron chi connectivity index (χ1n) is 21.5. The minimum atomic E-state index is -0.866. The van der Waals surface area contributed by atoms with E-state index in [9.17, 15) is 14.4 Å². The van der Waals surface area contributed by atoms with Gasteiger partial charge in [-0.25, -0.2) is 10.4 Å². The number of cyclic esters (lactones) is 1. The Bertz CT molecular complexity index is 2230. The van der Waals surface area contributed by atoms with Crippen molar-refractivity contribution < 1.29 is 28.6 Å². The summed E-state index contributed by atoms with van der Waals surface area (Å²) in [7, 11) is 5.52. The van der Waals surface area contributed by atoms with E-state index in [1.807, 2.05) is 18.5 Å². The third-order valence-electron chi connectivity index (χ3n) is 12.7. The summed E-state index contributed by atoms with van der Waals surface area (Å²) in [5.41, 5.74) is 10.8. The summed E-state index contributed by atoms with van der Waals surface area (Å²) >= 11 is 1.48. The molecule has 1 aromatic carbocycles. The molecule has 1 aliphatic carbocycles. The van der Waals surface area contributed by atoms with Crippen LogP contribution in [0.15, 0.2) is 35.8 Å².